The molecule has 0 aliphatic carbocycles. The van der Waals surface area contributed by atoms with Gasteiger partial charge in [-0.15, -0.1) is 0 Å². The zero-order valence-electron chi connectivity index (χ0n) is 6.65. The van der Waals surface area contributed by atoms with Crippen molar-refractivity contribution in [3.05, 3.63) is 11.6 Å². The molecule has 0 aromatic heterocycles. The zero-order valence-corrected chi connectivity index (χ0v) is 6.65. The van der Waals surface area contributed by atoms with Crippen molar-refractivity contribution in [3.63, 3.8) is 0 Å². The molecule has 0 heterocycles. The van der Waals surface area contributed by atoms with Crippen LogP contribution >= 0.6 is 0 Å². The summed E-state index contributed by atoms with van der Waals surface area (Å²) in [6.07, 6.45) is 3.44. The normalized spacial score (nSPS) is 15.8. The van der Waals surface area contributed by atoms with Crippen LogP contribution in [0.3, 0.4) is 0 Å². The maximum absolute atomic E-state index is 5.41. The summed E-state index contributed by atoms with van der Waals surface area (Å²) in [4.78, 5) is 0. The molecule has 0 fully saturated rings. The minimum absolute atomic E-state index is 0.688. The van der Waals surface area contributed by atoms with E-state index in [4.69, 9.17) is 5.73 Å². The molecule has 0 aromatic rings. The molecule has 1 atom stereocenters. The average Bonchev–Trinajstić information content (AvgIpc) is 1.87. The molecular formula is C8H17N. The van der Waals surface area contributed by atoms with Gasteiger partial charge in [-0.05, 0) is 12.8 Å². The lowest BCUT2D eigenvalue weighted by Crippen LogP contribution is -2.01. The van der Waals surface area contributed by atoms with Crippen LogP contribution in [0.25, 0.3) is 0 Å². The van der Waals surface area contributed by atoms with Crippen LogP contribution in [0, 0.1) is 5.92 Å². The van der Waals surface area contributed by atoms with E-state index in [0.717, 1.165) is 0 Å². The van der Waals surface area contributed by atoms with Gasteiger partial charge in [0.1, 0.15) is 0 Å². The van der Waals surface area contributed by atoms with Crippen LogP contribution in [0.5, 0.6) is 0 Å². The van der Waals surface area contributed by atoms with E-state index in [-0.39, 0.29) is 0 Å². The Morgan fingerprint density at radius 2 is 2.22 bits per heavy atom. The van der Waals surface area contributed by atoms with E-state index in [1.807, 2.05) is 0 Å². The molecule has 0 aliphatic rings. The number of nitrogens with two attached hydrogens (primary N) is 1. The van der Waals surface area contributed by atoms with Crippen molar-refractivity contribution >= 4 is 0 Å². The van der Waals surface area contributed by atoms with Crippen molar-refractivity contribution in [2.45, 2.75) is 27.2 Å². The monoisotopic (exact) mass is 127 g/mol. The van der Waals surface area contributed by atoms with Crippen LogP contribution in [0.1, 0.15) is 27.2 Å². The van der Waals surface area contributed by atoms with Gasteiger partial charge < -0.3 is 5.73 Å². The van der Waals surface area contributed by atoms with Gasteiger partial charge >= 0.3 is 0 Å². The standard InChI is InChI=1S/C8H17N/c1-4-7(2)5-8(3)6-9/h5,7H,4,6,9H2,1-3H3/b8-5-. The second-order valence-corrected chi connectivity index (χ2v) is 2.60. The van der Waals surface area contributed by atoms with Gasteiger partial charge in [-0.1, -0.05) is 31.9 Å². The van der Waals surface area contributed by atoms with E-state index >= 15 is 0 Å². The molecule has 0 aliphatic heterocycles. The maximum atomic E-state index is 5.41. The van der Waals surface area contributed by atoms with E-state index in [2.05, 4.69) is 26.8 Å². The molecule has 1 unspecified atom stereocenters. The van der Waals surface area contributed by atoms with E-state index in [9.17, 15) is 0 Å². The fraction of sp³-hybridized carbons (Fsp3) is 0.750. The van der Waals surface area contributed by atoms with Crippen LogP contribution in [-0.2, 0) is 0 Å². The maximum Gasteiger partial charge on any atom is 0.0134 e. The highest BCUT2D eigenvalue weighted by atomic mass is 14.5. The van der Waals surface area contributed by atoms with Crippen molar-refractivity contribution in [3.8, 4) is 0 Å². The molecule has 0 aromatic carbocycles. The lowest BCUT2D eigenvalue weighted by atomic mass is 10.1. The minimum Gasteiger partial charge on any atom is -0.327 e. The molecule has 0 amide bonds. The average molecular weight is 127 g/mol. The van der Waals surface area contributed by atoms with Crippen molar-refractivity contribution in [2.24, 2.45) is 11.7 Å². The van der Waals surface area contributed by atoms with Crippen LogP contribution in [0.2, 0.25) is 0 Å². The summed E-state index contributed by atoms with van der Waals surface area (Å²) >= 11 is 0. The summed E-state index contributed by atoms with van der Waals surface area (Å²) < 4.78 is 0. The summed E-state index contributed by atoms with van der Waals surface area (Å²) in [5.41, 5.74) is 6.70. The quantitative estimate of drug-likeness (QED) is 0.576. The highest BCUT2D eigenvalue weighted by Gasteiger charge is 1.92. The van der Waals surface area contributed by atoms with Gasteiger partial charge in [-0.2, -0.15) is 0 Å². The molecule has 9 heavy (non-hydrogen) atoms. The van der Waals surface area contributed by atoms with E-state index in [1.165, 1.54) is 12.0 Å². The Hall–Kier alpha value is -0.300. The van der Waals surface area contributed by atoms with E-state index < -0.39 is 0 Å². The van der Waals surface area contributed by atoms with E-state index in [0.29, 0.717) is 12.5 Å². The Balaban J connectivity index is 3.64. The van der Waals surface area contributed by atoms with Crippen LogP contribution in [0.4, 0.5) is 0 Å². The first-order chi connectivity index (χ1) is 4.20. The first-order valence-electron chi connectivity index (χ1n) is 3.58. The first-order valence-corrected chi connectivity index (χ1v) is 3.58. The Kier molecular flexibility index (Phi) is 4.41. The largest absolute Gasteiger partial charge is 0.327 e. The van der Waals surface area contributed by atoms with Gasteiger partial charge in [-0.25, -0.2) is 0 Å². The number of hydrogen-bond donors (Lipinski definition) is 1. The highest BCUT2D eigenvalue weighted by molar-refractivity contribution is 5.00. The Labute approximate surface area is 57.9 Å². The lowest BCUT2D eigenvalue weighted by molar-refractivity contribution is 0.691. The highest BCUT2D eigenvalue weighted by Crippen LogP contribution is 2.04. The van der Waals surface area contributed by atoms with Gasteiger partial charge in [0, 0.05) is 6.54 Å². The van der Waals surface area contributed by atoms with Crippen molar-refractivity contribution in [2.75, 3.05) is 6.54 Å². The number of hydrogen-bond acceptors (Lipinski definition) is 1. The second kappa shape index (κ2) is 4.57. The number of allylic oxidation sites excluding steroid dienone is 1. The lowest BCUT2D eigenvalue weighted by Gasteiger charge is -2.01. The minimum atomic E-state index is 0.688. The summed E-state index contributed by atoms with van der Waals surface area (Å²) in [7, 11) is 0. The number of rotatable bonds is 3. The molecule has 0 spiro atoms. The Morgan fingerprint density at radius 1 is 1.67 bits per heavy atom. The molecular weight excluding hydrogens is 110 g/mol. The molecule has 0 saturated carbocycles. The summed E-state index contributed by atoms with van der Waals surface area (Å²) in [6, 6.07) is 0. The van der Waals surface area contributed by atoms with Crippen LogP contribution in [0.15, 0.2) is 11.6 Å². The summed E-state index contributed by atoms with van der Waals surface area (Å²) in [5.74, 6) is 0.688. The molecule has 0 bridgehead atoms. The Morgan fingerprint density at radius 3 is 2.56 bits per heavy atom. The van der Waals surface area contributed by atoms with Crippen LogP contribution in [-0.4, -0.2) is 6.54 Å². The smallest absolute Gasteiger partial charge is 0.0134 e. The summed E-state index contributed by atoms with van der Waals surface area (Å²) in [5, 5.41) is 0. The van der Waals surface area contributed by atoms with Crippen molar-refractivity contribution in [1.29, 1.82) is 0 Å². The molecule has 0 radical (unpaired) electrons. The molecule has 0 rings (SSSR count). The van der Waals surface area contributed by atoms with Gasteiger partial charge in [0.2, 0.25) is 0 Å². The molecule has 0 saturated heterocycles. The third-order valence-electron chi connectivity index (χ3n) is 1.53. The Bertz CT molecular complexity index is 94.7. The molecule has 54 valence electrons. The van der Waals surface area contributed by atoms with Gasteiger partial charge in [0.25, 0.3) is 0 Å². The zero-order chi connectivity index (χ0) is 7.28. The van der Waals surface area contributed by atoms with Gasteiger partial charge in [-0.3, -0.25) is 0 Å². The van der Waals surface area contributed by atoms with Crippen LogP contribution < -0.4 is 5.73 Å². The third-order valence-corrected chi connectivity index (χ3v) is 1.53. The summed E-state index contributed by atoms with van der Waals surface area (Å²) in [6.45, 7) is 7.17. The predicted octanol–water partition coefficient (Wildman–Crippen LogP) is 1.94. The van der Waals surface area contributed by atoms with Crippen molar-refractivity contribution < 1.29 is 0 Å². The fourth-order valence-electron chi connectivity index (χ4n) is 0.672. The van der Waals surface area contributed by atoms with Crippen molar-refractivity contribution in [1.82, 2.24) is 0 Å². The predicted molar refractivity (Wildman–Crippen MR) is 42.3 cm³/mol. The SMILES string of the molecule is CCC(C)/C=C(/C)CN. The van der Waals surface area contributed by atoms with Gasteiger partial charge in [0.15, 0.2) is 0 Å². The third kappa shape index (κ3) is 4.22. The molecule has 2 N–H and O–H groups in total. The molecule has 1 nitrogen and oxygen atoms in total. The first kappa shape index (κ1) is 8.70. The fourth-order valence-corrected chi connectivity index (χ4v) is 0.672. The van der Waals surface area contributed by atoms with E-state index in [1.54, 1.807) is 0 Å². The van der Waals surface area contributed by atoms with Gasteiger partial charge in [0.05, 0.1) is 0 Å². The second-order valence-electron chi connectivity index (χ2n) is 2.60. The molecule has 1 heteroatoms. The topological polar surface area (TPSA) is 26.0 Å².